The molecule has 0 aromatic rings. The fourth-order valence-corrected chi connectivity index (χ4v) is 1.74. The van der Waals surface area contributed by atoms with Crippen molar-refractivity contribution in [1.29, 1.82) is 5.26 Å². The molecule has 0 aliphatic carbocycles. The standard InChI is InChI=1S/C11H18N2O3/c1-11(2,3)16-10(15)13-7-9(14)6-8(13)4-5-12/h8-9,14H,4,6-7H2,1-3H3/t8-,9-/m0/s1. The van der Waals surface area contributed by atoms with Crippen molar-refractivity contribution < 1.29 is 14.6 Å². The number of hydrogen-bond donors (Lipinski definition) is 1. The van der Waals surface area contributed by atoms with Crippen molar-refractivity contribution in [2.45, 2.75) is 51.4 Å². The largest absolute Gasteiger partial charge is 0.444 e. The fourth-order valence-electron chi connectivity index (χ4n) is 1.74. The minimum absolute atomic E-state index is 0.227. The lowest BCUT2D eigenvalue weighted by atomic mass is 10.1. The van der Waals surface area contributed by atoms with Crippen LogP contribution in [-0.4, -0.2) is 40.4 Å². The van der Waals surface area contributed by atoms with E-state index >= 15 is 0 Å². The minimum atomic E-state index is -0.554. The smallest absolute Gasteiger partial charge is 0.410 e. The summed E-state index contributed by atoms with van der Waals surface area (Å²) in [6, 6.07) is 1.79. The van der Waals surface area contributed by atoms with Crippen LogP contribution >= 0.6 is 0 Å². The summed E-state index contributed by atoms with van der Waals surface area (Å²) in [6.45, 7) is 5.62. The van der Waals surface area contributed by atoms with Crippen LogP contribution in [0, 0.1) is 11.3 Å². The molecular formula is C11H18N2O3. The van der Waals surface area contributed by atoms with Crippen molar-refractivity contribution in [3.63, 3.8) is 0 Å². The summed E-state index contributed by atoms with van der Waals surface area (Å²) in [6.07, 6.45) is -0.321. The monoisotopic (exact) mass is 226 g/mol. The van der Waals surface area contributed by atoms with Crippen molar-refractivity contribution in [1.82, 2.24) is 4.90 Å². The van der Waals surface area contributed by atoms with E-state index in [9.17, 15) is 9.90 Å². The van der Waals surface area contributed by atoms with Crippen LogP contribution in [0.25, 0.3) is 0 Å². The van der Waals surface area contributed by atoms with E-state index in [2.05, 4.69) is 0 Å². The Balaban J connectivity index is 2.64. The van der Waals surface area contributed by atoms with Crippen LogP contribution in [0.2, 0.25) is 0 Å². The van der Waals surface area contributed by atoms with E-state index in [-0.39, 0.29) is 19.0 Å². The summed E-state index contributed by atoms with van der Waals surface area (Å²) in [7, 11) is 0. The van der Waals surface area contributed by atoms with Gasteiger partial charge in [0.15, 0.2) is 0 Å². The molecule has 1 fully saturated rings. The van der Waals surface area contributed by atoms with Gasteiger partial charge in [-0.15, -0.1) is 0 Å². The first kappa shape index (κ1) is 12.8. The predicted molar refractivity (Wildman–Crippen MR) is 57.6 cm³/mol. The number of nitrogens with zero attached hydrogens (tertiary/aromatic N) is 2. The van der Waals surface area contributed by atoms with E-state index in [1.807, 2.05) is 6.07 Å². The Morgan fingerprint density at radius 2 is 2.25 bits per heavy atom. The third-order valence-corrected chi connectivity index (χ3v) is 2.35. The Labute approximate surface area is 95.6 Å². The number of β-amino-alcohol motifs (C(OH)–C–C–N with tert-alkyl or cyclic N) is 1. The average molecular weight is 226 g/mol. The van der Waals surface area contributed by atoms with Gasteiger partial charge >= 0.3 is 6.09 Å². The number of aliphatic hydroxyl groups is 1. The number of nitriles is 1. The van der Waals surface area contributed by atoms with Crippen LogP contribution in [0.15, 0.2) is 0 Å². The lowest BCUT2D eigenvalue weighted by Gasteiger charge is -2.27. The van der Waals surface area contributed by atoms with Gasteiger partial charge in [0.1, 0.15) is 5.60 Å². The Kier molecular flexibility index (Phi) is 3.76. The molecule has 0 spiro atoms. The van der Waals surface area contributed by atoms with Crippen molar-refractivity contribution in [3.05, 3.63) is 0 Å². The maximum atomic E-state index is 11.8. The van der Waals surface area contributed by atoms with Gasteiger partial charge in [0, 0.05) is 0 Å². The molecule has 1 amide bonds. The molecule has 0 radical (unpaired) electrons. The number of ether oxygens (including phenoxy) is 1. The Hall–Kier alpha value is -1.28. The molecule has 0 unspecified atom stereocenters. The molecule has 1 saturated heterocycles. The molecule has 5 nitrogen and oxygen atoms in total. The predicted octanol–water partition coefficient (Wildman–Crippen LogP) is 1.27. The van der Waals surface area contributed by atoms with Crippen molar-refractivity contribution >= 4 is 6.09 Å². The molecule has 5 heteroatoms. The highest BCUT2D eigenvalue weighted by atomic mass is 16.6. The maximum Gasteiger partial charge on any atom is 0.410 e. The second kappa shape index (κ2) is 4.71. The van der Waals surface area contributed by atoms with E-state index in [0.717, 1.165) is 0 Å². The van der Waals surface area contributed by atoms with Crippen LogP contribution in [0.5, 0.6) is 0 Å². The Bertz CT molecular complexity index is 303. The molecule has 0 bridgehead atoms. The lowest BCUT2D eigenvalue weighted by Crippen LogP contribution is -2.40. The Morgan fingerprint density at radius 1 is 1.62 bits per heavy atom. The summed E-state index contributed by atoms with van der Waals surface area (Å²) < 4.78 is 5.21. The van der Waals surface area contributed by atoms with Crippen LogP contribution < -0.4 is 0 Å². The third-order valence-electron chi connectivity index (χ3n) is 2.35. The zero-order valence-corrected chi connectivity index (χ0v) is 9.93. The van der Waals surface area contributed by atoms with Gasteiger partial charge in [-0.25, -0.2) is 4.79 Å². The van der Waals surface area contributed by atoms with Crippen molar-refractivity contribution in [2.24, 2.45) is 0 Å². The number of carbonyl (C=O) groups is 1. The van der Waals surface area contributed by atoms with Crippen LogP contribution in [0.4, 0.5) is 4.79 Å². The number of amides is 1. The molecule has 0 saturated carbocycles. The van der Waals surface area contributed by atoms with E-state index in [4.69, 9.17) is 10.00 Å². The normalized spacial score (nSPS) is 25.3. The molecule has 1 heterocycles. The summed E-state index contributed by atoms with van der Waals surface area (Å²) in [4.78, 5) is 13.2. The van der Waals surface area contributed by atoms with Crippen LogP contribution in [0.1, 0.15) is 33.6 Å². The van der Waals surface area contributed by atoms with Gasteiger partial charge in [-0.3, -0.25) is 0 Å². The van der Waals surface area contributed by atoms with E-state index < -0.39 is 17.8 Å². The summed E-state index contributed by atoms with van der Waals surface area (Å²) >= 11 is 0. The number of aliphatic hydroxyl groups excluding tert-OH is 1. The lowest BCUT2D eigenvalue weighted by molar-refractivity contribution is 0.0211. The SMILES string of the molecule is CC(C)(C)OC(=O)N1C[C@@H](O)C[C@@H]1CC#N. The van der Waals surface area contributed by atoms with Gasteiger partial charge in [-0.05, 0) is 27.2 Å². The van der Waals surface area contributed by atoms with Gasteiger partial charge in [0.2, 0.25) is 0 Å². The number of rotatable bonds is 1. The fraction of sp³-hybridized carbons (Fsp3) is 0.818. The van der Waals surface area contributed by atoms with E-state index in [0.29, 0.717) is 6.42 Å². The summed E-state index contributed by atoms with van der Waals surface area (Å²) in [5.41, 5.74) is -0.554. The third kappa shape index (κ3) is 3.38. The highest BCUT2D eigenvalue weighted by Crippen LogP contribution is 2.22. The zero-order chi connectivity index (χ0) is 12.3. The van der Waals surface area contributed by atoms with Gasteiger partial charge in [0.25, 0.3) is 0 Å². The number of likely N-dealkylation sites (tertiary alicyclic amines) is 1. The highest BCUT2D eigenvalue weighted by Gasteiger charge is 2.36. The molecule has 90 valence electrons. The topological polar surface area (TPSA) is 73.6 Å². The first-order valence-electron chi connectivity index (χ1n) is 5.38. The van der Waals surface area contributed by atoms with Gasteiger partial charge in [0.05, 0.1) is 31.2 Å². The van der Waals surface area contributed by atoms with E-state index in [1.54, 1.807) is 20.8 Å². The number of hydrogen-bond acceptors (Lipinski definition) is 4. The van der Waals surface area contributed by atoms with Crippen LogP contribution in [-0.2, 0) is 4.74 Å². The van der Waals surface area contributed by atoms with Gasteiger partial charge in [-0.2, -0.15) is 5.26 Å². The molecule has 1 aliphatic heterocycles. The molecule has 16 heavy (non-hydrogen) atoms. The first-order chi connectivity index (χ1) is 7.33. The van der Waals surface area contributed by atoms with Crippen molar-refractivity contribution in [3.8, 4) is 6.07 Å². The maximum absolute atomic E-state index is 11.8. The summed E-state index contributed by atoms with van der Waals surface area (Å²) in [5, 5.41) is 18.1. The zero-order valence-electron chi connectivity index (χ0n) is 9.93. The van der Waals surface area contributed by atoms with Crippen LogP contribution in [0.3, 0.4) is 0 Å². The second-order valence-corrected chi connectivity index (χ2v) is 5.04. The van der Waals surface area contributed by atoms with E-state index in [1.165, 1.54) is 4.90 Å². The minimum Gasteiger partial charge on any atom is -0.444 e. The molecule has 0 aromatic carbocycles. The van der Waals surface area contributed by atoms with Gasteiger partial charge in [-0.1, -0.05) is 0 Å². The molecular weight excluding hydrogens is 208 g/mol. The molecule has 1 aliphatic rings. The molecule has 2 atom stereocenters. The molecule has 1 rings (SSSR count). The quantitative estimate of drug-likeness (QED) is 0.730. The molecule has 1 N–H and O–H groups in total. The number of carbonyl (C=O) groups excluding carboxylic acids is 1. The average Bonchev–Trinajstić information content (AvgIpc) is 2.44. The summed E-state index contributed by atoms with van der Waals surface area (Å²) in [5.74, 6) is 0. The van der Waals surface area contributed by atoms with Gasteiger partial charge < -0.3 is 14.7 Å². The van der Waals surface area contributed by atoms with Crippen molar-refractivity contribution in [2.75, 3.05) is 6.54 Å². The first-order valence-corrected chi connectivity index (χ1v) is 5.38. The highest BCUT2D eigenvalue weighted by molar-refractivity contribution is 5.69. The Morgan fingerprint density at radius 3 is 2.75 bits per heavy atom. The second-order valence-electron chi connectivity index (χ2n) is 5.04. The molecule has 0 aromatic heterocycles.